The fraction of sp³-hybridized carbons (Fsp3) is 0.0870. The Morgan fingerprint density at radius 1 is 1.00 bits per heavy atom. The fourth-order valence-corrected chi connectivity index (χ4v) is 3.30. The highest BCUT2D eigenvalue weighted by molar-refractivity contribution is 6.13. The number of nitrogens with zero attached hydrogens (tertiary/aromatic N) is 2. The summed E-state index contributed by atoms with van der Waals surface area (Å²) in [6.45, 7) is 2.68. The van der Waals surface area contributed by atoms with E-state index in [1.165, 1.54) is 17.7 Å². The minimum atomic E-state index is -0.474. The van der Waals surface area contributed by atoms with Gasteiger partial charge in [-0.1, -0.05) is 60.2 Å². The van der Waals surface area contributed by atoms with Crippen molar-refractivity contribution in [3.05, 3.63) is 111 Å². The summed E-state index contributed by atoms with van der Waals surface area (Å²) in [4.78, 5) is 25.9. The average Bonchev–Trinajstić information content (AvgIpc) is 2.69. The van der Waals surface area contributed by atoms with E-state index in [9.17, 15) is 14.9 Å². The van der Waals surface area contributed by atoms with Crippen LogP contribution in [0.1, 0.15) is 27.0 Å². The Hall–Kier alpha value is -3.73. The lowest BCUT2D eigenvalue weighted by atomic mass is 9.97. The van der Waals surface area contributed by atoms with E-state index < -0.39 is 4.92 Å². The van der Waals surface area contributed by atoms with Gasteiger partial charge in [-0.2, -0.15) is 0 Å². The maximum Gasteiger partial charge on any atom is 0.270 e. The molecule has 0 fully saturated rings. The monoisotopic (exact) mass is 370 g/mol. The molecule has 0 bridgehead atoms. The van der Waals surface area contributed by atoms with E-state index in [4.69, 9.17) is 0 Å². The number of rotatable bonds is 5. The van der Waals surface area contributed by atoms with Crippen molar-refractivity contribution in [2.45, 2.75) is 6.92 Å². The second-order valence-electron chi connectivity index (χ2n) is 6.72. The summed E-state index contributed by atoms with van der Waals surface area (Å²) >= 11 is 0. The van der Waals surface area contributed by atoms with Gasteiger partial charge in [0.25, 0.3) is 5.69 Å². The quantitative estimate of drug-likeness (QED) is 0.360. The van der Waals surface area contributed by atoms with Gasteiger partial charge in [0.1, 0.15) is 0 Å². The number of carbonyl (C=O) groups excluding carboxylic acids is 1. The van der Waals surface area contributed by atoms with E-state index in [0.29, 0.717) is 23.4 Å². The highest BCUT2D eigenvalue weighted by Crippen LogP contribution is 2.37. The molecule has 0 atom stereocenters. The number of hydrogen-bond donors (Lipinski definition) is 0. The Kier molecular flexibility index (Phi) is 4.49. The first-order chi connectivity index (χ1) is 13.5. The van der Waals surface area contributed by atoms with Crippen LogP contribution in [0, 0.1) is 17.0 Å². The molecule has 138 valence electrons. The Bertz CT molecular complexity index is 1090. The van der Waals surface area contributed by atoms with E-state index in [1.54, 1.807) is 30.3 Å². The third-order valence-corrected chi connectivity index (χ3v) is 4.87. The molecule has 3 aromatic rings. The van der Waals surface area contributed by atoms with Crippen molar-refractivity contribution in [1.29, 1.82) is 0 Å². The number of hydrogen-bond acceptors (Lipinski definition) is 4. The molecule has 5 nitrogen and oxygen atoms in total. The third-order valence-electron chi connectivity index (χ3n) is 4.87. The molecule has 0 saturated heterocycles. The molecule has 0 unspecified atom stereocenters. The maximum absolute atomic E-state index is 13.1. The molecular weight excluding hydrogens is 352 g/mol. The van der Waals surface area contributed by atoms with Crippen LogP contribution in [0.2, 0.25) is 0 Å². The van der Waals surface area contributed by atoms with Gasteiger partial charge in [0.2, 0.25) is 0 Å². The van der Waals surface area contributed by atoms with Crippen LogP contribution >= 0.6 is 0 Å². The minimum Gasteiger partial charge on any atom is -0.337 e. The predicted octanol–water partition coefficient (Wildman–Crippen LogP) is 5.00. The van der Waals surface area contributed by atoms with Crippen molar-refractivity contribution in [2.75, 3.05) is 11.4 Å². The molecule has 0 aromatic heterocycles. The SMILES string of the molecule is Cc1ccc(C2=CCN2c2ccc([N+](=O)[O-])cc2C(=O)c2ccccc2)cc1. The van der Waals surface area contributed by atoms with Crippen molar-refractivity contribution in [1.82, 2.24) is 0 Å². The lowest BCUT2D eigenvalue weighted by Gasteiger charge is -2.35. The highest BCUT2D eigenvalue weighted by Gasteiger charge is 2.27. The van der Waals surface area contributed by atoms with E-state index in [2.05, 4.69) is 6.08 Å². The Morgan fingerprint density at radius 2 is 1.71 bits per heavy atom. The Morgan fingerprint density at radius 3 is 2.32 bits per heavy atom. The number of nitro benzene ring substituents is 1. The number of nitro groups is 1. The molecule has 0 amide bonds. The molecule has 1 aliphatic rings. The van der Waals surface area contributed by atoms with Crippen LogP contribution in [0.3, 0.4) is 0 Å². The minimum absolute atomic E-state index is 0.0931. The van der Waals surface area contributed by atoms with Crippen molar-refractivity contribution in [3.8, 4) is 0 Å². The van der Waals surface area contributed by atoms with Crippen LogP contribution in [-0.4, -0.2) is 17.3 Å². The Labute approximate surface area is 162 Å². The molecule has 5 heteroatoms. The van der Waals surface area contributed by atoms with E-state index in [-0.39, 0.29) is 11.5 Å². The first kappa shape index (κ1) is 17.7. The normalized spacial score (nSPS) is 12.9. The first-order valence-electron chi connectivity index (χ1n) is 8.97. The molecule has 1 aliphatic heterocycles. The molecule has 4 rings (SSSR count). The topological polar surface area (TPSA) is 63.4 Å². The number of ketones is 1. The smallest absolute Gasteiger partial charge is 0.270 e. The molecule has 3 aromatic carbocycles. The van der Waals surface area contributed by atoms with Gasteiger partial charge in [-0.25, -0.2) is 0 Å². The molecule has 0 saturated carbocycles. The lowest BCUT2D eigenvalue weighted by molar-refractivity contribution is -0.384. The zero-order chi connectivity index (χ0) is 19.7. The fourth-order valence-electron chi connectivity index (χ4n) is 3.30. The number of non-ortho nitro benzene ring substituents is 1. The van der Waals surface area contributed by atoms with Gasteiger partial charge in [-0.05, 0) is 24.6 Å². The first-order valence-corrected chi connectivity index (χ1v) is 8.97. The van der Waals surface area contributed by atoms with Gasteiger partial charge in [0.05, 0.1) is 16.2 Å². The number of benzene rings is 3. The predicted molar refractivity (Wildman–Crippen MR) is 109 cm³/mol. The van der Waals surface area contributed by atoms with Crippen LogP contribution < -0.4 is 4.90 Å². The van der Waals surface area contributed by atoms with E-state index >= 15 is 0 Å². The number of anilines is 1. The summed E-state index contributed by atoms with van der Waals surface area (Å²) in [5, 5.41) is 11.3. The summed E-state index contributed by atoms with van der Waals surface area (Å²) in [6, 6.07) is 21.5. The lowest BCUT2D eigenvalue weighted by Crippen LogP contribution is -2.31. The summed E-state index contributed by atoms with van der Waals surface area (Å²) in [6.07, 6.45) is 2.09. The largest absolute Gasteiger partial charge is 0.337 e. The van der Waals surface area contributed by atoms with Gasteiger partial charge >= 0.3 is 0 Å². The second-order valence-corrected chi connectivity index (χ2v) is 6.72. The van der Waals surface area contributed by atoms with Gasteiger partial charge in [0, 0.05) is 29.9 Å². The molecule has 1 heterocycles. The summed E-state index contributed by atoms with van der Waals surface area (Å²) < 4.78 is 0. The summed E-state index contributed by atoms with van der Waals surface area (Å²) in [5.74, 6) is -0.227. The molecule has 0 spiro atoms. The Balaban J connectivity index is 1.77. The van der Waals surface area contributed by atoms with Crippen molar-refractivity contribution < 1.29 is 9.72 Å². The zero-order valence-corrected chi connectivity index (χ0v) is 15.3. The number of carbonyl (C=O) groups is 1. The average molecular weight is 370 g/mol. The number of aryl methyl sites for hydroxylation is 1. The molecule has 0 radical (unpaired) electrons. The standard InChI is InChI=1S/C23H18N2O3/c1-16-7-9-17(10-8-16)21-13-14-24(21)22-12-11-19(25(27)28)15-20(22)23(26)18-5-3-2-4-6-18/h2-13,15H,14H2,1H3. The van der Waals surface area contributed by atoms with Gasteiger partial charge in [-0.15, -0.1) is 0 Å². The highest BCUT2D eigenvalue weighted by atomic mass is 16.6. The van der Waals surface area contributed by atoms with E-state index in [0.717, 1.165) is 11.3 Å². The third kappa shape index (κ3) is 3.18. The van der Waals surface area contributed by atoms with Gasteiger partial charge in [0.15, 0.2) is 5.78 Å². The van der Waals surface area contributed by atoms with Crippen LogP contribution in [0.4, 0.5) is 11.4 Å². The molecule has 0 aliphatic carbocycles. The summed E-state index contributed by atoms with van der Waals surface area (Å²) in [7, 11) is 0. The van der Waals surface area contributed by atoms with Crippen LogP contribution in [0.25, 0.3) is 5.70 Å². The van der Waals surface area contributed by atoms with Gasteiger partial charge < -0.3 is 4.90 Å². The van der Waals surface area contributed by atoms with Crippen molar-refractivity contribution >= 4 is 22.9 Å². The summed E-state index contributed by atoms with van der Waals surface area (Å²) in [5.41, 5.74) is 4.64. The maximum atomic E-state index is 13.1. The molecular formula is C23H18N2O3. The van der Waals surface area contributed by atoms with Crippen molar-refractivity contribution in [3.63, 3.8) is 0 Å². The van der Waals surface area contributed by atoms with Gasteiger partial charge in [-0.3, -0.25) is 14.9 Å². The van der Waals surface area contributed by atoms with Crippen LogP contribution in [-0.2, 0) is 0 Å². The van der Waals surface area contributed by atoms with E-state index in [1.807, 2.05) is 42.2 Å². The van der Waals surface area contributed by atoms with Crippen molar-refractivity contribution in [2.24, 2.45) is 0 Å². The second kappa shape index (κ2) is 7.12. The molecule has 28 heavy (non-hydrogen) atoms. The molecule has 0 N–H and O–H groups in total. The van der Waals surface area contributed by atoms with Crippen LogP contribution in [0.15, 0.2) is 78.9 Å². The van der Waals surface area contributed by atoms with Crippen LogP contribution in [0.5, 0.6) is 0 Å². The zero-order valence-electron chi connectivity index (χ0n) is 15.3.